The number of ether oxygens (including phenoxy) is 1. The molecule has 1 aromatic rings. The quantitative estimate of drug-likeness (QED) is 0.779. The molecule has 0 spiro atoms. The number of rotatable bonds is 5. The van der Waals surface area contributed by atoms with E-state index < -0.39 is 0 Å². The van der Waals surface area contributed by atoms with E-state index in [2.05, 4.69) is 51.7 Å². The predicted octanol–water partition coefficient (Wildman–Crippen LogP) is 3.74. The second kappa shape index (κ2) is 8.65. The molecule has 0 aromatic heterocycles. The summed E-state index contributed by atoms with van der Waals surface area (Å²) in [6.07, 6.45) is 6.43. The summed E-state index contributed by atoms with van der Waals surface area (Å²) >= 11 is 3.57. The van der Waals surface area contributed by atoms with Gasteiger partial charge in [-0.3, -0.25) is 10.1 Å². The number of hydrogen-bond acceptors (Lipinski definition) is 3. The van der Waals surface area contributed by atoms with Crippen LogP contribution in [0.2, 0.25) is 0 Å². The minimum Gasteiger partial charge on any atom is -0.381 e. The molecule has 138 valence electrons. The minimum atomic E-state index is -0.180. The molecule has 25 heavy (non-hydrogen) atoms. The van der Waals surface area contributed by atoms with Crippen LogP contribution >= 0.6 is 15.9 Å². The number of carbonyl (C=O) groups excluding carboxylic acids is 1. The van der Waals surface area contributed by atoms with Crippen molar-refractivity contribution in [1.29, 1.82) is 0 Å². The van der Waals surface area contributed by atoms with Crippen LogP contribution in [0, 0.1) is 5.92 Å². The lowest BCUT2D eigenvalue weighted by atomic mass is 9.82. The molecule has 1 aromatic carbocycles. The number of benzene rings is 1. The molecule has 1 amide bonds. The van der Waals surface area contributed by atoms with Crippen LogP contribution in [-0.2, 0) is 15.1 Å². The van der Waals surface area contributed by atoms with Gasteiger partial charge in [0.25, 0.3) is 0 Å². The summed E-state index contributed by atoms with van der Waals surface area (Å²) in [4.78, 5) is 12.5. The highest BCUT2D eigenvalue weighted by Crippen LogP contribution is 2.33. The van der Waals surface area contributed by atoms with Crippen molar-refractivity contribution in [2.24, 2.45) is 5.92 Å². The standard InChI is InChI=1S/C20H29BrN2O2/c1-15-5-7-18(8-6-15)23-19(24)14-22-20(9-11-25-12-10-20)16-3-2-4-17(21)13-16/h2-4,13,15,18,22H,5-12,14H2,1H3,(H,23,24). The fraction of sp³-hybridized carbons (Fsp3) is 0.650. The molecule has 2 aliphatic rings. The van der Waals surface area contributed by atoms with E-state index in [4.69, 9.17) is 4.74 Å². The van der Waals surface area contributed by atoms with Gasteiger partial charge in [-0.25, -0.2) is 0 Å². The van der Waals surface area contributed by atoms with Crippen molar-refractivity contribution in [2.75, 3.05) is 19.8 Å². The number of halogens is 1. The number of hydrogen-bond donors (Lipinski definition) is 2. The lowest BCUT2D eigenvalue weighted by molar-refractivity contribution is -0.121. The number of amides is 1. The lowest BCUT2D eigenvalue weighted by Crippen LogP contribution is -2.51. The van der Waals surface area contributed by atoms with Crippen molar-refractivity contribution in [2.45, 2.75) is 57.0 Å². The molecule has 1 aliphatic heterocycles. The van der Waals surface area contributed by atoms with Crippen LogP contribution < -0.4 is 10.6 Å². The Labute approximate surface area is 159 Å². The Morgan fingerprint density at radius 1 is 1.24 bits per heavy atom. The zero-order valence-electron chi connectivity index (χ0n) is 15.0. The van der Waals surface area contributed by atoms with Crippen molar-refractivity contribution in [3.8, 4) is 0 Å². The van der Waals surface area contributed by atoms with Gasteiger partial charge in [-0.15, -0.1) is 0 Å². The van der Waals surface area contributed by atoms with Gasteiger partial charge in [0.1, 0.15) is 0 Å². The Hall–Kier alpha value is -0.910. The number of nitrogens with one attached hydrogen (secondary N) is 2. The SMILES string of the molecule is CC1CCC(NC(=O)CNC2(c3cccc(Br)c3)CCOCC2)CC1. The Balaban J connectivity index is 1.60. The maximum atomic E-state index is 12.5. The zero-order chi connectivity index (χ0) is 17.7. The van der Waals surface area contributed by atoms with Gasteiger partial charge in [0, 0.05) is 29.3 Å². The molecule has 2 fully saturated rings. The van der Waals surface area contributed by atoms with E-state index in [-0.39, 0.29) is 11.4 Å². The summed E-state index contributed by atoms with van der Waals surface area (Å²) in [6, 6.07) is 8.74. The normalized spacial score (nSPS) is 26.2. The van der Waals surface area contributed by atoms with E-state index in [0.29, 0.717) is 12.6 Å². The average molecular weight is 409 g/mol. The van der Waals surface area contributed by atoms with E-state index >= 15 is 0 Å². The fourth-order valence-corrected chi connectivity index (χ4v) is 4.41. The van der Waals surface area contributed by atoms with E-state index in [1.54, 1.807) is 0 Å². The summed E-state index contributed by atoms with van der Waals surface area (Å²) in [5.74, 6) is 0.911. The topological polar surface area (TPSA) is 50.4 Å². The molecular formula is C20H29BrN2O2. The second-order valence-corrected chi connectivity index (χ2v) is 8.50. The van der Waals surface area contributed by atoms with Gasteiger partial charge in [-0.2, -0.15) is 0 Å². The summed E-state index contributed by atoms with van der Waals surface area (Å²) in [6.45, 7) is 4.11. The van der Waals surface area contributed by atoms with E-state index in [1.165, 1.54) is 18.4 Å². The molecule has 4 nitrogen and oxygen atoms in total. The van der Waals surface area contributed by atoms with Crippen LogP contribution in [0.15, 0.2) is 28.7 Å². The molecule has 1 aliphatic carbocycles. The Morgan fingerprint density at radius 2 is 1.96 bits per heavy atom. The first-order chi connectivity index (χ1) is 12.1. The third kappa shape index (κ3) is 5.05. The molecule has 1 saturated heterocycles. The molecule has 0 radical (unpaired) electrons. The van der Waals surface area contributed by atoms with Crippen LogP contribution in [0.4, 0.5) is 0 Å². The largest absolute Gasteiger partial charge is 0.381 e. The summed E-state index contributed by atoms with van der Waals surface area (Å²) in [5, 5.41) is 6.78. The van der Waals surface area contributed by atoms with Gasteiger partial charge in [0.05, 0.1) is 6.54 Å². The minimum absolute atomic E-state index is 0.111. The molecule has 1 saturated carbocycles. The first-order valence-electron chi connectivity index (χ1n) is 9.46. The smallest absolute Gasteiger partial charge is 0.234 e. The van der Waals surface area contributed by atoms with Crippen LogP contribution in [0.1, 0.15) is 51.0 Å². The van der Waals surface area contributed by atoms with E-state index in [9.17, 15) is 4.79 Å². The van der Waals surface area contributed by atoms with Gasteiger partial charge in [0.15, 0.2) is 0 Å². The molecule has 3 rings (SSSR count). The monoisotopic (exact) mass is 408 g/mol. The first kappa shape index (κ1) is 18.9. The molecule has 2 N–H and O–H groups in total. The highest BCUT2D eigenvalue weighted by molar-refractivity contribution is 9.10. The lowest BCUT2D eigenvalue weighted by Gasteiger charge is -2.39. The zero-order valence-corrected chi connectivity index (χ0v) is 16.6. The molecule has 0 bridgehead atoms. The summed E-state index contributed by atoms with van der Waals surface area (Å²) in [5.41, 5.74) is 1.05. The Bertz CT molecular complexity index is 579. The predicted molar refractivity (Wildman–Crippen MR) is 103 cm³/mol. The Morgan fingerprint density at radius 3 is 2.64 bits per heavy atom. The van der Waals surface area contributed by atoms with Gasteiger partial charge < -0.3 is 10.1 Å². The van der Waals surface area contributed by atoms with Crippen LogP contribution in [0.3, 0.4) is 0 Å². The summed E-state index contributed by atoms with van der Waals surface area (Å²) < 4.78 is 6.63. The molecular weight excluding hydrogens is 380 g/mol. The van der Waals surface area contributed by atoms with Crippen LogP contribution in [0.5, 0.6) is 0 Å². The van der Waals surface area contributed by atoms with Crippen molar-refractivity contribution < 1.29 is 9.53 Å². The van der Waals surface area contributed by atoms with Gasteiger partial charge in [-0.05, 0) is 62.1 Å². The van der Waals surface area contributed by atoms with Gasteiger partial charge in [0.2, 0.25) is 5.91 Å². The Kier molecular flexibility index (Phi) is 6.53. The van der Waals surface area contributed by atoms with Crippen molar-refractivity contribution in [3.63, 3.8) is 0 Å². The fourth-order valence-electron chi connectivity index (χ4n) is 4.01. The molecule has 0 unspecified atom stereocenters. The van der Waals surface area contributed by atoms with Crippen molar-refractivity contribution in [3.05, 3.63) is 34.3 Å². The van der Waals surface area contributed by atoms with Crippen molar-refractivity contribution >= 4 is 21.8 Å². The molecule has 1 heterocycles. The third-order valence-electron chi connectivity index (χ3n) is 5.69. The van der Waals surface area contributed by atoms with Crippen LogP contribution in [0.25, 0.3) is 0 Å². The van der Waals surface area contributed by atoms with E-state index in [1.807, 2.05) is 6.07 Å². The third-order valence-corrected chi connectivity index (χ3v) is 6.19. The average Bonchev–Trinajstić information content (AvgIpc) is 2.63. The first-order valence-corrected chi connectivity index (χ1v) is 10.2. The highest BCUT2D eigenvalue weighted by Gasteiger charge is 2.34. The maximum absolute atomic E-state index is 12.5. The van der Waals surface area contributed by atoms with Gasteiger partial charge in [-0.1, -0.05) is 35.0 Å². The summed E-state index contributed by atoms with van der Waals surface area (Å²) in [7, 11) is 0. The van der Waals surface area contributed by atoms with Crippen molar-refractivity contribution in [1.82, 2.24) is 10.6 Å². The number of carbonyl (C=O) groups is 1. The molecule has 5 heteroatoms. The second-order valence-electron chi connectivity index (χ2n) is 7.58. The van der Waals surface area contributed by atoms with E-state index in [0.717, 1.165) is 49.3 Å². The maximum Gasteiger partial charge on any atom is 0.234 e. The molecule has 0 atom stereocenters. The van der Waals surface area contributed by atoms with Gasteiger partial charge >= 0.3 is 0 Å². The highest BCUT2D eigenvalue weighted by atomic mass is 79.9. The van der Waals surface area contributed by atoms with Crippen LogP contribution in [-0.4, -0.2) is 31.7 Å².